The van der Waals surface area contributed by atoms with E-state index in [0.717, 1.165) is 30.3 Å². The Labute approximate surface area is 183 Å². The standard InChI is InChI=1S/C19H28N3O9P/c1-19(20)16-13(30-17(19)22-9-8-14(23)21-18(22)25)11-28-32(26,31-16)27-10-4-7-15(24)29-12-5-2-3-6-12/h8-9,12-13,16-17H,2-7,10-11,20H2,1H3,(H,21,23,25)/t13-,16-,17-,19-,32?/m1/s1. The average Bonchev–Trinajstić information content (AvgIpc) is 3.32. The maximum absolute atomic E-state index is 12.9. The molecule has 1 saturated carbocycles. The van der Waals surface area contributed by atoms with E-state index in [9.17, 15) is 18.9 Å². The first-order chi connectivity index (χ1) is 15.2. The molecular weight excluding hydrogens is 445 g/mol. The van der Waals surface area contributed by atoms with Gasteiger partial charge < -0.3 is 15.2 Å². The van der Waals surface area contributed by atoms with Gasteiger partial charge in [0.1, 0.15) is 18.3 Å². The lowest BCUT2D eigenvalue weighted by Gasteiger charge is -2.35. The molecule has 2 saturated heterocycles. The van der Waals surface area contributed by atoms with E-state index < -0.39 is 43.0 Å². The van der Waals surface area contributed by atoms with Gasteiger partial charge in [-0.2, -0.15) is 0 Å². The van der Waals surface area contributed by atoms with E-state index in [1.165, 1.54) is 12.3 Å². The SMILES string of the molecule is C[C@@]1(N)[C@@H]2OP(=O)(OCCCC(=O)OC3CCCC3)OC[C@H]2O[C@H]1n1ccc(=O)[nH]c1=O. The second kappa shape index (κ2) is 9.20. The second-order valence-corrected chi connectivity index (χ2v) is 10.1. The third-order valence-corrected chi connectivity index (χ3v) is 7.35. The van der Waals surface area contributed by atoms with Gasteiger partial charge in [0.05, 0.1) is 18.8 Å². The number of hydrogen-bond donors (Lipinski definition) is 2. The average molecular weight is 473 g/mol. The molecule has 0 bridgehead atoms. The molecule has 0 spiro atoms. The molecular formula is C19H28N3O9P. The smallest absolute Gasteiger partial charge is 0.462 e. The highest BCUT2D eigenvalue weighted by molar-refractivity contribution is 7.48. The minimum absolute atomic E-state index is 0.00351. The summed E-state index contributed by atoms with van der Waals surface area (Å²) in [6, 6.07) is 1.17. The van der Waals surface area contributed by atoms with Crippen LogP contribution in [0.15, 0.2) is 21.9 Å². The van der Waals surface area contributed by atoms with Gasteiger partial charge in [0.15, 0.2) is 6.23 Å². The fourth-order valence-corrected chi connectivity index (χ4v) is 5.78. The zero-order valence-electron chi connectivity index (χ0n) is 17.8. The normalized spacial score (nSPS) is 35.0. The highest BCUT2D eigenvalue weighted by Gasteiger charge is 2.59. The van der Waals surface area contributed by atoms with Crippen LogP contribution in [0.25, 0.3) is 0 Å². The lowest BCUT2D eigenvalue weighted by atomic mass is 9.93. The number of hydrogen-bond acceptors (Lipinski definition) is 10. The van der Waals surface area contributed by atoms with Crippen LogP contribution in [0.2, 0.25) is 0 Å². The Morgan fingerprint density at radius 1 is 1.38 bits per heavy atom. The number of rotatable bonds is 7. The Balaban J connectivity index is 1.32. The molecule has 0 radical (unpaired) electrons. The number of nitrogens with one attached hydrogen (secondary N) is 1. The lowest BCUT2D eigenvalue weighted by Crippen LogP contribution is -2.55. The summed E-state index contributed by atoms with van der Waals surface area (Å²) in [5.41, 5.74) is 3.89. The molecule has 13 heteroatoms. The van der Waals surface area contributed by atoms with Crippen LogP contribution in [-0.2, 0) is 32.4 Å². The van der Waals surface area contributed by atoms with Crippen LogP contribution in [0.4, 0.5) is 0 Å². The van der Waals surface area contributed by atoms with Gasteiger partial charge in [0.25, 0.3) is 5.56 Å². The maximum Gasteiger partial charge on any atom is 0.475 e. The van der Waals surface area contributed by atoms with Crippen LogP contribution in [0, 0.1) is 0 Å². The van der Waals surface area contributed by atoms with Gasteiger partial charge in [-0.3, -0.25) is 32.7 Å². The number of carbonyl (C=O) groups is 1. The zero-order chi connectivity index (χ0) is 22.9. The summed E-state index contributed by atoms with van der Waals surface area (Å²) in [5.74, 6) is -0.308. The summed E-state index contributed by atoms with van der Waals surface area (Å²) in [7, 11) is -3.95. The molecule has 3 heterocycles. The molecule has 2 aliphatic heterocycles. The van der Waals surface area contributed by atoms with Crippen molar-refractivity contribution in [2.24, 2.45) is 5.73 Å². The Kier molecular flexibility index (Phi) is 6.71. The van der Waals surface area contributed by atoms with Gasteiger partial charge >= 0.3 is 19.5 Å². The number of ether oxygens (including phenoxy) is 2. The molecule has 3 N–H and O–H groups in total. The maximum atomic E-state index is 12.9. The van der Waals surface area contributed by atoms with E-state index in [-0.39, 0.29) is 31.7 Å². The fourth-order valence-electron chi connectivity index (χ4n) is 4.26. The van der Waals surface area contributed by atoms with Crippen molar-refractivity contribution in [3.63, 3.8) is 0 Å². The number of nitrogens with two attached hydrogens (primary N) is 1. The number of phosphoric acid groups is 1. The van der Waals surface area contributed by atoms with E-state index in [1.54, 1.807) is 6.92 Å². The van der Waals surface area contributed by atoms with Gasteiger partial charge in [-0.1, -0.05) is 0 Å². The molecule has 1 aliphatic carbocycles. The van der Waals surface area contributed by atoms with Gasteiger partial charge in [0.2, 0.25) is 0 Å². The second-order valence-electron chi connectivity index (χ2n) is 8.51. The number of aromatic nitrogens is 2. The Morgan fingerprint density at radius 2 is 2.12 bits per heavy atom. The van der Waals surface area contributed by atoms with Crippen molar-refractivity contribution in [1.29, 1.82) is 0 Å². The predicted octanol–water partition coefficient (Wildman–Crippen LogP) is 0.958. The molecule has 0 amide bonds. The molecule has 5 atom stereocenters. The van der Waals surface area contributed by atoms with Crippen molar-refractivity contribution in [1.82, 2.24) is 9.55 Å². The molecule has 12 nitrogen and oxygen atoms in total. The first-order valence-corrected chi connectivity index (χ1v) is 12.2. The molecule has 1 aromatic heterocycles. The van der Waals surface area contributed by atoms with Crippen LogP contribution in [0.1, 0.15) is 51.7 Å². The molecule has 0 aromatic carbocycles. The largest absolute Gasteiger partial charge is 0.475 e. The topological polar surface area (TPSA) is 161 Å². The van der Waals surface area contributed by atoms with E-state index >= 15 is 0 Å². The lowest BCUT2D eigenvalue weighted by molar-refractivity contribution is -0.149. The molecule has 3 fully saturated rings. The van der Waals surface area contributed by atoms with Crippen molar-refractivity contribution < 1.29 is 32.4 Å². The van der Waals surface area contributed by atoms with Crippen LogP contribution in [0.5, 0.6) is 0 Å². The number of H-pyrrole nitrogens is 1. The third kappa shape index (κ3) is 4.90. The van der Waals surface area contributed by atoms with E-state index in [0.29, 0.717) is 6.42 Å². The van der Waals surface area contributed by atoms with Crippen LogP contribution >= 0.6 is 7.82 Å². The van der Waals surface area contributed by atoms with Gasteiger partial charge in [-0.25, -0.2) is 9.36 Å². The van der Waals surface area contributed by atoms with Gasteiger partial charge in [-0.05, 0) is 39.0 Å². The number of esters is 1. The minimum Gasteiger partial charge on any atom is -0.462 e. The van der Waals surface area contributed by atoms with Crippen LogP contribution in [-0.4, -0.2) is 52.6 Å². The summed E-state index contributed by atoms with van der Waals surface area (Å²) in [5, 5.41) is 0. The quantitative estimate of drug-likeness (QED) is 0.331. The van der Waals surface area contributed by atoms with Gasteiger partial charge in [0, 0.05) is 18.7 Å². The molecule has 1 unspecified atom stereocenters. The zero-order valence-corrected chi connectivity index (χ0v) is 18.7. The summed E-state index contributed by atoms with van der Waals surface area (Å²) >= 11 is 0. The highest BCUT2D eigenvalue weighted by Crippen LogP contribution is 2.58. The van der Waals surface area contributed by atoms with Crippen LogP contribution in [0.3, 0.4) is 0 Å². The molecule has 3 aliphatic rings. The monoisotopic (exact) mass is 473 g/mol. The fraction of sp³-hybridized carbons (Fsp3) is 0.737. The van der Waals surface area contributed by atoms with E-state index in [1.807, 2.05) is 0 Å². The third-order valence-electron chi connectivity index (χ3n) is 5.90. The summed E-state index contributed by atoms with van der Waals surface area (Å²) in [6.07, 6.45) is 3.07. The van der Waals surface area contributed by atoms with Crippen molar-refractivity contribution >= 4 is 13.8 Å². The molecule has 178 valence electrons. The number of nitrogens with zero attached hydrogens (tertiary/aromatic N) is 1. The molecule has 1 aromatic rings. The van der Waals surface area contributed by atoms with Gasteiger partial charge in [-0.15, -0.1) is 0 Å². The summed E-state index contributed by atoms with van der Waals surface area (Å²) in [4.78, 5) is 37.5. The van der Waals surface area contributed by atoms with Crippen molar-refractivity contribution in [2.75, 3.05) is 13.2 Å². The Hall–Kier alpha value is -1.82. The Bertz CT molecular complexity index is 1000. The Morgan fingerprint density at radius 3 is 2.84 bits per heavy atom. The molecule has 4 rings (SSSR count). The molecule has 32 heavy (non-hydrogen) atoms. The predicted molar refractivity (Wildman–Crippen MR) is 110 cm³/mol. The number of phosphoric ester groups is 1. The summed E-state index contributed by atoms with van der Waals surface area (Å²) < 4.78 is 41.5. The number of carbonyl (C=O) groups excluding carboxylic acids is 1. The minimum atomic E-state index is -3.95. The number of fused-ring (bicyclic) bond motifs is 1. The van der Waals surface area contributed by atoms with Crippen molar-refractivity contribution in [2.45, 2.75) is 75.5 Å². The van der Waals surface area contributed by atoms with E-state index in [2.05, 4.69) is 4.98 Å². The summed E-state index contributed by atoms with van der Waals surface area (Å²) in [6.45, 7) is 1.45. The van der Waals surface area contributed by atoms with Crippen LogP contribution < -0.4 is 17.0 Å². The highest BCUT2D eigenvalue weighted by atomic mass is 31.2. The van der Waals surface area contributed by atoms with Crippen molar-refractivity contribution in [3.05, 3.63) is 33.1 Å². The first-order valence-electron chi connectivity index (χ1n) is 10.7. The number of aromatic amines is 1. The van der Waals surface area contributed by atoms with Crippen molar-refractivity contribution in [3.8, 4) is 0 Å². The van der Waals surface area contributed by atoms with E-state index in [4.69, 9.17) is 28.8 Å². The first kappa shape index (κ1) is 23.3.